The summed E-state index contributed by atoms with van der Waals surface area (Å²) in [6.45, 7) is 18.5. The van der Waals surface area contributed by atoms with Gasteiger partial charge in [-0.25, -0.2) is 0 Å². The third kappa shape index (κ3) is 3.53. The molecule has 2 fully saturated rings. The Morgan fingerprint density at radius 2 is 1.89 bits per heavy atom. The fourth-order valence-corrected chi connectivity index (χ4v) is 6.96. The third-order valence-corrected chi connectivity index (χ3v) is 8.58. The number of hydrogen-bond acceptors (Lipinski definition) is 1. The molecular formula is C26H41NO. The zero-order valence-electron chi connectivity index (χ0n) is 18.7. The van der Waals surface area contributed by atoms with Gasteiger partial charge in [0.15, 0.2) is 0 Å². The van der Waals surface area contributed by atoms with E-state index in [9.17, 15) is 4.79 Å². The number of amides is 1. The number of nitrogens with zero attached hydrogens (tertiary/aromatic N) is 1. The van der Waals surface area contributed by atoms with Gasteiger partial charge in [0.2, 0.25) is 5.91 Å². The summed E-state index contributed by atoms with van der Waals surface area (Å²) in [7, 11) is 0. The van der Waals surface area contributed by atoms with E-state index in [-0.39, 0.29) is 10.8 Å². The van der Waals surface area contributed by atoms with Crippen LogP contribution in [-0.4, -0.2) is 23.9 Å². The van der Waals surface area contributed by atoms with E-state index in [2.05, 4.69) is 46.9 Å². The molecule has 0 aromatic rings. The molecule has 0 heterocycles. The average Bonchev–Trinajstić information content (AvgIpc) is 2.66. The van der Waals surface area contributed by atoms with Crippen LogP contribution in [0.5, 0.6) is 0 Å². The quantitative estimate of drug-likeness (QED) is 0.486. The van der Waals surface area contributed by atoms with Crippen LogP contribution in [0.1, 0.15) is 72.6 Å². The molecule has 3 aliphatic rings. The van der Waals surface area contributed by atoms with Crippen molar-refractivity contribution in [3.8, 4) is 0 Å². The summed E-state index contributed by atoms with van der Waals surface area (Å²) < 4.78 is 0. The molecule has 28 heavy (non-hydrogen) atoms. The van der Waals surface area contributed by atoms with Crippen molar-refractivity contribution in [3.63, 3.8) is 0 Å². The van der Waals surface area contributed by atoms with Crippen molar-refractivity contribution in [1.29, 1.82) is 0 Å². The predicted octanol–water partition coefficient (Wildman–Crippen LogP) is 6.40. The number of carbonyl (C=O) groups is 1. The molecule has 0 aromatic carbocycles. The second kappa shape index (κ2) is 8.20. The minimum Gasteiger partial charge on any atom is -0.335 e. The lowest BCUT2D eigenvalue weighted by molar-refractivity contribution is -0.155. The molecular weight excluding hydrogens is 342 g/mol. The van der Waals surface area contributed by atoms with Crippen molar-refractivity contribution in [2.24, 2.45) is 34.5 Å². The molecule has 0 spiro atoms. The molecule has 2 unspecified atom stereocenters. The first-order valence-corrected chi connectivity index (χ1v) is 11.5. The van der Waals surface area contributed by atoms with Gasteiger partial charge in [0.1, 0.15) is 0 Å². The maximum atomic E-state index is 13.7. The number of allylic oxidation sites excluding steroid dienone is 2. The molecule has 0 radical (unpaired) electrons. The predicted molar refractivity (Wildman–Crippen MR) is 119 cm³/mol. The van der Waals surface area contributed by atoms with Gasteiger partial charge >= 0.3 is 0 Å². The van der Waals surface area contributed by atoms with Gasteiger partial charge in [-0.3, -0.25) is 4.79 Å². The van der Waals surface area contributed by atoms with E-state index in [0.717, 1.165) is 24.7 Å². The average molecular weight is 384 g/mol. The molecule has 2 nitrogen and oxygen atoms in total. The van der Waals surface area contributed by atoms with Crippen molar-refractivity contribution in [2.45, 2.75) is 72.6 Å². The summed E-state index contributed by atoms with van der Waals surface area (Å²) in [6, 6.07) is 0. The van der Waals surface area contributed by atoms with Crippen LogP contribution >= 0.6 is 0 Å². The van der Waals surface area contributed by atoms with Crippen LogP contribution in [0.15, 0.2) is 37.0 Å². The van der Waals surface area contributed by atoms with Gasteiger partial charge in [0, 0.05) is 13.1 Å². The summed E-state index contributed by atoms with van der Waals surface area (Å²) in [5.41, 5.74) is 1.72. The van der Waals surface area contributed by atoms with Crippen LogP contribution < -0.4 is 0 Å². The van der Waals surface area contributed by atoms with Crippen molar-refractivity contribution < 1.29 is 4.79 Å². The Morgan fingerprint density at radius 3 is 2.50 bits per heavy atom. The van der Waals surface area contributed by atoms with Crippen LogP contribution in [-0.2, 0) is 4.79 Å². The molecule has 156 valence electrons. The Hall–Kier alpha value is -1.31. The highest BCUT2D eigenvalue weighted by Crippen LogP contribution is 2.63. The Bertz CT molecular complexity index is 637. The molecule has 0 aliphatic heterocycles. The molecule has 5 atom stereocenters. The Kier molecular flexibility index (Phi) is 6.27. The molecule has 3 aliphatic carbocycles. The Balaban J connectivity index is 1.91. The molecule has 1 amide bonds. The van der Waals surface area contributed by atoms with Crippen molar-refractivity contribution in [3.05, 3.63) is 37.0 Å². The summed E-state index contributed by atoms with van der Waals surface area (Å²) in [6.07, 6.45) is 14.7. The SMILES string of the molecule is C=CCN(CC=C)C(=O)[C@@]1(C)CCC[C@@]2(C)C1CC=C1CC(C(C)C)CC[C@H]12. The zero-order chi connectivity index (χ0) is 20.5. The lowest BCUT2D eigenvalue weighted by Gasteiger charge is -2.59. The maximum Gasteiger partial charge on any atom is 0.229 e. The van der Waals surface area contributed by atoms with Gasteiger partial charge in [0.05, 0.1) is 5.41 Å². The van der Waals surface area contributed by atoms with Crippen LogP contribution in [0.4, 0.5) is 0 Å². The van der Waals surface area contributed by atoms with E-state index in [1.807, 2.05) is 17.1 Å². The highest BCUT2D eigenvalue weighted by atomic mass is 16.2. The first-order valence-electron chi connectivity index (χ1n) is 11.5. The van der Waals surface area contributed by atoms with Crippen molar-refractivity contribution in [2.75, 3.05) is 13.1 Å². The van der Waals surface area contributed by atoms with E-state index < -0.39 is 0 Å². The van der Waals surface area contributed by atoms with Gasteiger partial charge < -0.3 is 4.90 Å². The fourth-order valence-electron chi connectivity index (χ4n) is 6.96. The summed E-state index contributed by atoms with van der Waals surface area (Å²) in [5.74, 6) is 3.06. The van der Waals surface area contributed by atoms with Crippen molar-refractivity contribution >= 4 is 5.91 Å². The number of hydrogen-bond donors (Lipinski definition) is 0. The molecule has 0 saturated heterocycles. The second-order valence-corrected chi connectivity index (χ2v) is 10.5. The van der Waals surface area contributed by atoms with Crippen LogP contribution in [0.3, 0.4) is 0 Å². The largest absolute Gasteiger partial charge is 0.335 e. The zero-order valence-corrected chi connectivity index (χ0v) is 18.7. The van der Waals surface area contributed by atoms with Gasteiger partial charge in [-0.2, -0.15) is 0 Å². The van der Waals surface area contributed by atoms with Gasteiger partial charge in [-0.15, -0.1) is 13.2 Å². The van der Waals surface area contributed by atoms with E-state index in [1.54, 1.807) is 5.57 Å². The number of carbonyl (C=O) groups excluding carboxylic acids is 1. The standard InChI is InChI=1S/C26H41NO/c1-7-16-27(17-8-2)24(28)26(6)15-9-14-25(5)22-12-10-20(19(3)4)18-21(22)11-13-23(25)26/h7-8,11,19-20,22-23H,1-2,9-10,12-18H2,3-6H3/t20?,22-,23?,25-,26+/m1/s1. The third-order valence-electron chi connectivity index (χ3n) is 8.58. The van der Waals surface area contributed by atoms with Gasteiger partial charge in [-0.1, -0.05) is 57.9 Å². The minimum absolute atomic E-state index is 0.267. The van der Waals surface area contributed by atoms with E-state index in [4.69, 9.17) is 0 Å². The Labute approximate surface area is 173 Å². The first-order chi connectivity index (χ1) is 13.3. The van der Waals surface area contributed by atoms with E-state index >= 15 is 0 Å². The first kappa shape index (κ1) is 21.4. The lowest BCUT2D eigenvalue weighted by atomic mass is 9.46. The number of fused-ring (bicyclic) bond motifs is 3. The van der Waals surface area contributed by atoms with Crippen LogP contribution in [0.2, 0.25) is 0 Å². The molecule has 3 rings (SSSR count). The van der Waals surface area contributed by atoms with E-state index in [1.165, 1.54) is 32.1 Å². The topological polar surface area (TPSA) is 20.3 Å². The smallest absolute Gasteiger partial charge is 0.229 e. The summed E-state index contributed by atoms with van der Waals surface area (Å²) >= 11 is 0. The fraction of sp³-hybridized carbons (Fsp3) is 0.731. The number of rotatable bonds is 6. The highest BCUT2D eigenvalue weighted by Gasteiger charge is 2.57. The molecule has 0 N–H and O–H groups in total. The van der Waals surface area contributed by atoms with Crippen LogP contribution in [0.25, 0.3) is 0 Å². The monoisotopic (exact) mass is 383 g/mol. The second-order valence-electron chi connectivity index (χ2n) is 10.5. The minimum atomic E-state index is -0.268. The normalized spacial score (nSPS) is 37.5. The Morgan fingerprint density at radius 1 is 1.21 bits per heavy atom. The highest BCUT2D eigenvalue weighted by molar-refractivity contribution is 5.83. The molecule has 0 bridgehead atoms. The van der Waals surface area contributed by atoms with Crippen LogP contribution in [0, 0.1) is 34.5 Å². The van der Waals surface area contributed by atoms with E-state index in [0.29, 0.717) is 30.8 Å². The molecule has 0 aromatic heterocycles. The maximum absolute atomic E-state index is 13.7. The van der Waals surface area contributed by atoms with Gasteiger partial charge in [0.25, 0.3) is 0 Å². The lowest BCUT2D eigenvalue weighted by Crippen LogP contribution is -2.56. The molecule has 2 saturated carbocycles. The van der Waals surface area contributed by atoms with Gasteiger partial charge in [-0.05, 0) is 67.6 Å². The van der Waals surface area contributed by atoms with Crippen molar-refractivity contribution in [1.82, 2.24) is 4.90 Å². The molecule has 2 heteroatoms. The summed E-state index contributed by atoms with van der Waals surface area (Å²) in [5, 5.41) is 0. The summed E-state index contributed by atoms with van der Waals surface area (Å²) in [4.78, 5) is 15.7.